The number of aromatic nitrogens is 2. The van der Waals surface area contributed by atoms with Crippen molar-refractivity contribution >= 4 is 61.4 Å². The molecule has 15 nitrogen and oxygen atoms in total. The molecule has 2 aliphatic rings. The molecule has 2 amide bonds. The topological polar surface area (TPSA) is 238 Å². The van der Waals surface area contributed by atoms with Gasteiger partial charge in [-0.1, -0.05) is 24.3 Å². The highest BCUT2D eigenvalue weighted by Gasteiger charge is 2.47. The van der Waals surface area contributed by atoms with E-state index < -0.39 is 61.6 Å². The molecule has 7 rings (SSSR count). The largest absolute Gasteiger partial charge is 0.506 e. The van der Waals surface area contributed by atoms with Gasteiger partial charge in [-0.3, -0.25) is 14.4 Å². The van der Waals surface area contributed by atoms with Crippen molar-refractivity contribution in [3.05, 3.63) is 47.5 Å². The number of aliphatic hydroxyl groups excluding tert-OH is 4. The summed E-state index contributed by atoms with van der Waals surface area (Å²) in [6.07, 6.45) is -8.13. The zero-order valence-electron chi connectivity index (χ0n) is 21.9. The summed E-state index contributed by atoms with van der Waals surface area (Å²) in [5, 5.41) is 74.6. The molecule has 43 heavy (non-hydrogen) atoms. The molecule has 0 radical (unpaired) electrons. The maximum atomic E-state index is 13.9. The number of carboxylic acid groups (broad SMARTS) is 1. The maximum Gasteiger partial charge on any atom is 0.319 e. The zero-order chi connectivity index (χ0) is 30.5. The molecule has 0 saturated carbocycles. The number of rotatable bonds is 5. The Labute approximate surface area is 239 Å². The highest BCUT2D eigenvalue weighted by Crippen LogP contribution is 2.49. The van der Waals surface area contributed by atoms with E-state index in [4.69, 9.17) is 4.74 Å². The lowest BCUT2D eigenvalue weighted by molar-refractivity contribution is -0.249. The highest BCUT2D eigenvalue weighted by atomic mass is 16.6. The van der Waals surface area contributed by atoms with Gasteiger partial charge in [-0.05, 0) is 12.1 Å². The first-order valence-electron chi connectivity index (χ1n) is 13.2. The third-order valence-electron chi connectivity index (χ3n) is 8.15. The van der Waals surface area contributed by atoms with Gasteiger partial charge in [-0.15, -0.1) is 0 Å². The van der Waals surface area contributed by atoms with E-state index in [1.165, 1.54) is 28.8 Å². The predicted octanol–water partition coefficient (Wildman–Crippen LogP) is -0.00220. The number of nitrogens with one attached hydrogen (secondary N) is 2. The molecule has 0 spiro atoms. The average molecular weight is 593 g/mol. The Morgan fingerprint density at radius 3 is 2.19 bits per heavy atom. The van der Waals surface area contributed by atoms with Crippen LogP contribution in [0, 0.1) is 0 Å². The monoisotopic (exact) mass is 592 g/mol. The molecule has 1 saturated heterocycles. The molecular formula is C28H24N4O11. The summed E-state index contributed by atoms with van der Waals surface area (Å²) in [6, 6.07) is 8.91. The van der Waals surface area contributed by atoms with Crippen LogP contribution >= 0.6 is 0 Å². The number of imide groups is 1. The number of ether oxygens (including phenoxy) is 1. The second-order valence-corrected chi connectivity index (χ2v) is 10.5. The SMILES string of the molecule is O=C(O)CNN1C(=O)c2c(c3c4cccc(O)c4n(C4OC(CO)C(O)C(O)C4O)c3c3[nH]c4c(O)cccc4c23)C1=O. The number of carbonyl (C=O) groups is 3. The van der Waals surface area contributed by atoms with Crippen molar-refractivity contribution < 1.29 is 54.9 Å². The molecular weight excluding hydrogens is 568 g/mol. The zero-order valence-corrected chi connectivity index (χ0v) is 21.9. The molecule has 3 aromatic carbocycles. The van der Waals surface area contributed by atoms with E-state index in [0.29, 0.717) is 10.4 Å². The number of phenols is 2. The molecule has 2 aromatic heterocycles. The number of carbonyl (C=O) groups excluding carboxylic acids is 2. The summed E-state index contributed by atoms with van der Waals surface area (Å²) in [5.41, 5.74) is 2.61. The number of fused-ring (bicyclic) bond motifs is 10. The Kier molecular flexibility index (Phi) is 5.90. The van der Waals surface area contributed by atoms with Crippen LogP contribution in [0.4, 0.5) is 0 Å². The summed E-state index contributed by atoms with van der Waals surface area (Å²) in [4.78, 5) is 42.1. The van der Waals surface area contributed by atoms with E-state index in [9.17, 15) is 50.1 Å². The van der Waals surface area contributed by atoms with E-state index in [-0.39, 0.29) is 60.9 Å². The fraction of sp³-hybridized carbons (Fsp3) is 0.250. The number of aliphatic carboxylic acids is 1. The summed E-state index contributed by atoms with van der Waals surface area (Å²) in [6.45, 7) is -1.48. The Bertz CT molecular complexity index is 2030. The molecule has 9 N–H and O–H groups in total. The first-order chi connectivity index (χ1) is 20.6. The quantitative estimate of drug-likeness (QED) is 0.123. The second kappa shape index (κ2) is 9.37. The minimum Gasteiger partial charge on any atom is -0.506 e. The van der Waals surface area contributed by atoms with Gasteiger partial charge in [0.15, 0.2) is 6.23 Å². The third kappa shape index (κ3) is 3.54. The van der Waals surface area contributed by atoms with Crippen LogP contribution in [0.15, 0.2) is 36.4 Å². The van der Waals surface area contributed by atoms with E-state index in [1.807, 2.05) is 0 Å². The molecule has 5 unspecified atom stereocenters. The number of hydrogen-bond acceptors (Lipinski definition) is 11. The van der Waals surface area contributed by atoms with Gasteiger partial charge in [-0.25, -0.2) is 10.4 Å². The Balaban J connectivity index is 1.68. The normalized spacial score (nSPS) is 24.2. The van der Waals surface area contributed by atoms with E-state index in [0.717, 1.165) is 0 Å². The number of carboxylic acids is 1. The molecule has 5 atom stereocenters. The summed E-state index contributed by atoms with van der Waals surface area (Å²) >= 11 is 0. The number of aliphatic hydroxyl groups is 4. The van der Waals surface area contributed by atoms with Crippen LogP contribution in [0.3, 0.4) is 0 Å². The molecule has 0 bridgehead atoms. The van der Waals surface area contributed by atoms with Crippen LogP contribution < -0.4 is 5.43 Å². The molecule has 0 aliphatic carbocycles. The standard InChI is InChI=1S/C28H24N4O11/c33-8-13-23(38)24(39)25(40)28(43-13)31-21-10(4-2-6-12(21)35)16-18-17(26(41)32(27(18)42)29-7-14(36)37)15-9-3-1-5-11(34)19(9)30-20(15)22(16)31/h1-6,13,23-25,28-30,33-35,38-40H,7-8H2,(H,36,37). The van der Waals surface area contributed by atoms with Gasteiger partial charge in [0.1, 0.15) is 42.5 Å². The Hall–Kier alpha value is -4.77. The molecule has 15 heteroatoms. The summed E-state index contributed by atoms with van der Waals surface area (Å²) in [5.74, 6) is -3.59. The van der Waals surface area contributed by atoms with Gasteiger partial charge in [-0.2, -0.15) is 0 Å². The Morgan fingerprint density at radius 1 is 0.860 bits per heavy atom. The molecule has 222 valence electrons. The predicted molar refractivity (Wildman–Crippen MR) is 147 cm³/mol. The summed E-state index contributed by atoms with van der Waals surface area (Å²) < 4.78 is 7.19. The lowest BCUT2D eigenvalue weighted by Gasteiger charge is -2.41. The lowest BCUT2D eigenvalue weighted by Crippen LogP contribution is -2.56. The Morgan fingerprint density at radius 2 is 1.51 bits per heavy atom. The van der Waals surface area contributed by atoms with Crippen LogP contribution in [-0.4, -0.2) is 106 Å². The van der Waals surface area contributed by atoms with Crippen LogP contribution in [0.5, 0.6) is 11.5 Å². The number of hydrogen-bond donors (Lipinski definition) is 9. The second-order valence-electron chi connectivity index (χ2n) is 10.5. The number of phenolic OH excluding ortho intramolecular Hbond substituents is 2. The van der Waals surface area contributed by atoms with Crippen molar-refractivity contribution in [1.82, 2.24) is 20.0 Å². The number of benzene rings is 3. The lowest BCUT2D eigenvalue weighted by atomic mass is 9.96. The van der Waals surface area contributed by atoms with Crippen LogP contribution in [0.2, 0.25) is 0 Å². The van der Waals surface area contributed by atoms with Gasteiger partial charge in [0, 0.05) is 21.5 Å². The van der Waals surface area contributed by atoms with E-state index >= 15 is 0 Å². The fourth-order valence-electron chi connectivity index (χ4n) is 6.32. The van der Waals surface area contributed by atoms with Crippen molar-refractivity contribution in [3.8, 4) is 11.5 Å². The number of amides is 2. The van der Waals surface area contributed by atoms with Crippen molar-refractivity contribution in [2.45, 2.75) is 30.6 Å². The van der Waals surface area contributed by atoms with Gasteiger partial charge < -0.3 is 50.0 Å². The third-order valence-corrected chi connectivity index (χ3v) is 8.15. The van der Waals surface area contributed by atoms with Gasteiger partial charge in [0.2, 0.25) is 0 Å². The number of H-pyrrole nitrogens is 1. The summed E-state index contributed by atoms with van der Waals surface area (Å²) in [7, 11) is 0. The van der Waals surface area contributed by atoms with Crippen LogP contribution in [0.1, 0.15) is 26.9 Å². The van der Waals surface area contributed by atoms with Crippen molar-refractivity contribution in [3.63, 3.8) is 0 Å². The average Bonchev–Trinajstić information content (AvgIpc) is 3.60. The van der Waals surface area contributed by atoms with Crippen molar-refractivity contribution in [2.24, 2.45) is 0 Å². The first kappa shape index (κ1) is 27.1. The molecule has 2 aliphatic heterocycles. The van der Waals surface area contributed by atoms with Gasteiger partial charge in [0.05, 0.1) is 39.8 Å². The van der Waals surface area contributed by atoms with Crippen LogP contribution in [-0.2, 0) is 9.53 Å². The number of para-hydroxylation sites is 2. The van der Waals surface area contributed by atoms with E-state index in [2.05, 4.69) is 10.4 Å². The number of hydrazine groups is 1. The molecule has 1 fully saturated rings. The van der Waals surface area contributed by atoms with Crippen LogP contribution in [0.25, 0.3) is 43.6 Å². The van der Waals surface area contributed by atoms with E-state index in [1.54, 1.807) is 12.1 Å². The minimum atomic E-state index is -1.80. The molecule has 4 heterocycles. The smallest absolute Gasteiger partial charge is 0.319 e. The number of aromatic hydroxyl groups is 2. The minimum absolute atomic E-state index is 0.0246. The number of nitrogens with zero attached hydrogens (tertiary/aromatic N) is 2. The first-order valence-corrected chi connectivity index (χ1v) is 13.2. The van der Waals surface area contributed by atoms with Crippen molar-refractivity contribution in [1.29, 1.82) is 0 Å². The van der Waals surface area contributed by atoms with Gasteiger partial charge in [0.25, 0.3) is 11.8 Å². The fourth-order valence-corrected chi connectivity index (χ4v) is 6.32. The number of aromatic amines is 1. The molecule has 5 aromatic rings. The highest BCUT2D eigenvalue weighted by molar-refractivity contribution is 6.39. The maximum absolute atomic E-state index is 13.9. The van der Waals surface area contributed by atoms with Crippen molar-refractivity contribution in [2.75, 3.05) is 13.2 Å². The van der Waals surface area contributed by atoms with Gasteiger partial charge >= 0.3 is 5.97 Å².